The zero-order chi connectivity index (χ0) is 22.8. The van der Waals surface area contributed by atoms with E-state index in [1.807, 2.05) is 53.4 Å². The van der Waals surface area contributed by atoms with Crippen LogP contribution in [0.1, 0.15) is 23.7 Å². The predicted octanol–water partition coefficient (Wildman–Crippen LogP) is 5.67. The number of fused-ring (bicyclic) bond motifs is 1. The normalized spacial score (nSPS) is 16.0. The van der Waals surface area contributed by atoms with Crippen LogP contribution in [0.3, 0.4) is 0 Å². The fraction of sp³-hybridized carbons (Fsp3) is 0.259. The molecule has 0 spiro atoms. The number of benzene rings is 3. The maximum absolute atomic E-state index is 13.0. The summed E-state index contributed by atoms with van der Waals surface area (Å²) < 4.78 is 8.26. The maximum atomic E-state index is 13.0. The number of hydrogen-bond acceptors (Lipinski definition) is 4. The zero-order valence-corrected chi connectivity index (χ0v) is 19.7. The highest BCUT2D eigenvalue weighted by Crippen LogP contribution is 2.34. The zero-order valence-electron chi connectivity index (χ0n) is 18.9. The first-order valence-electron chi connectivity index (χ1n) is 11.2. The van der Waals surface area contributed by atoms with Crippen LogP contribution in [0.25, 0.3) is 11.0 Å². The van der Waals surface area contributed by atoms with Gasteiger partial charge in [0.1, 0.15) is 18.2 Å². The van der Waals surface area contributed by atoms with Crippen molar-refractivity contribution in [2.75, 3.05) is 24.3 Å². The van der Waals surface area contributed by atoms with Crippen molar-refractivity contribution in [3.8, 4) is 5.75 Å². The quantitative estimate of drug-likeness (QED) is 0.336. The fourth-order valence-corrected chi connectivity index (χ4v) is 4.96. The van der Waals surface area contributed by atoms with Crippen LogP contribution in [0.5, 0.6) is 5.75 Å². The molecule has 2 heterocycles. The standard InChI is InChI=1S/C27H27N3O2S/c1-19-7-5-9-22(15-19)32-14-13-29-25-12-4-3-11-24(25)28-27(29)20-16-26(31)30(18-20)21-8-6-10-23(17-21)33-2/h3-12,15,17,20H,13-14,16,18H2,1-2H3. The summed E-state index contributed by atoms with van der Waals surface area (Å²) in [6, 6.07) is 24.4. The summed E-state index contributed by atoms with van der Waals surface area (Å²) in [6.45, 7) is 3.91. The molecule has 0 saturated carbocycles. The van der Waals surface area contributed by atoms with Gasteiger partial charge in [0.15, 0.2) is 0 Å². The Hall–Kier alpha value is -3.25. The molecule has 6 heteroatoms. The third-order valence-corrected chi connectivity index (χ3v) is 6.84. The molecule has 1 saturated heterocycles. The van der Waals surface area contributed by atoms with Gasteiger partial charge in [0.05, 0.1) is 17.6 Å². The van der Waals surface area contributed by atoms with Gasteiger partial charge in [-0.1, -0.05) is 30.3 Å². The number of thioether (sulfide) groups is 1. The highest BCUT2D eigenvalue weighted by molar-refractivity contribution is 7.98. The molecule has 1 fully saturated rings. The molecule has 1 unspecified atom stereocenters. The molecule has 168 valence electrons. The lowest BCUT2D eigenvalue weighted by Gasteiger charge is -2.18. The Kier molecular flexibility index (Phi) is 6.09. The number of nitrogens with zero attached hydrogens (tertiary/aromatic N) is 3. The van der Waals surface area contributed by atoms with Crippen molar-refractivity contribution in [1.82, 2.24) is 9.55 Å². The molecule has 5 nitrogen and oxygen atoms in total. The van der Waals surface area contributed by atoms with Gasteiger partial charge in [-0.05, 0) is 61.2 Å². The largest absolute Gasteiger partial charge is 0.492 e. The molecular formula is C27H27N3O2S. The average molecular weight is 458 g/mol. The van der Waals surface area contributed by atoms with Gasteiger partial charge < -0.3 is 14.2 Å². The SMILES string of the molecule is CSc1cccc(N2CC(c3nc4ccccc4n3CCOc3cccc(C)c3)CC2=O)c1. The van der Waals surface area contributed by atoms with Crippen molar-refractivity contribution < 1.29 is 9.53 Å². The van der Waals surface area contributed by atoms with Crippen LogP contribution >= 0.6 is 11.8 Å². The molecule has 1 atom stereocenters. The van der Waals surface area contributed by atoms with E-state index in [1.54, 1.807) is 11.8 Å². The van der Waals surface area contributed by atoms with Gasteiger partial charge in [0, 0.05) is 29.5 Å². The summed E-state index contributed by atoms with van der Waals surface area (Å²) >= 11 is 1.69. The Morgan fingerprint density at radius 3 is 2.76 bits per heavy atom. The van der Waals surface area contributed by atoms with E-state index in [9.17, 15) is 4.79 Å². The van der Waals surface area contributed by atoms with Crippen LogP contribution in [0, 0.1) is 6.92 Å². The lowest BCUT2D eigenvalue weighted by atomic mass is 10.1. The minimum Gasteiger partial charge on any atom is -0.492 e. The molecule has 3 aromatic carbocycles. The van der Waals surface area contributed by atoms with E-state index >= 15 is 0 Å². The Labute approximate surface area is 198 Å². The van der Waals surface area contributed by atoms with Crippen molar-refractivity contribution in [2.24, 2.45) is 0 Å². The highest BCUT2D eigenvalue weighted by atomic mass is 32.2. The van der Waals surface area contributed by atoms with Crippen molar-refractivity contribution in [2.45, 2.75) is 30.7 Å². The van der Waals surface area contributed by atoms with Crippen LogP contribution in [0.4, 0.5) is 5.69 Å². The first kappa shape index (κ1) is 21.6. The molecule has 0 N–H and O–H groups in total. The molecule has 0 aliphatic carbocycles. The second-order valence-electron chi connectivity index (χ2n) is 8.38. The molecule has 5 rings (SSSR count). The van der Waals surface area contributed by atoms with Crippen LogP contribution in [0.15, 0.2) is 77.7 Å². The Bertz CT molecular complexity index is 1300. The summed E-state index contributed by atoms with van der Waals surface area (Å²) in [7, 11) is 0. The highest BCUT2D eigenvalue weighted by Gasteiger charge is 2.34. The van der Waals surface area contributed by atoms with Crippen LogP contribution < -0.4 is 9.64 Å². The second-order valence-corrected chi connectivity index (χ2v) is 9.26. The number of ether oxygens (including phenoxy) is 1. The smallest absolute Gasteiger partial charge is 0.227 e. The number of carbonyl (C=O) groups excluding carboxylic acids is 1. The number of imidazole rings is 1. The summed E-state index contributed by atoms with van der Waals surface area (Å²) in [6.07, 6.45) is 2.51. The van der Waals surface area contributed by atoms with Crippen LogP contribution in [-0.4, -0.2) is 34.9 Å². The number of amides is 1. The Morgan fingerprint density at radius 1 is 1.06 bits per heavy atom. The molecular weight excluding hydrogens is 430 g/mol. The Morgan fingerprint density at radius 2 is 1.91 bits per heavy atom. The number of hydrogen-bond donors (Lipinski definition) is 0. The van der Waals surface area contributed by atoms with Crippen molar-refractivity contribution >= 4 is 34.4 Å². The molecule has 1 aliphatic rings. The second kappa shape index (κ2) is 9.32. The minimum atomic E-state index is 0.0433. The van der Waals surface area contributed by atoms with Crippen LogP contribution in [0.2, 0.25) is 0 Å². The predicted molar refractivity (Wildman–Crippen MR) is 134 cm³/mol. The van der Waals surface area contributed by atoms with Crippen LogP contribution in [-0.2, 0) is 11.3 Å². The summed E-state index contributed by atoms with van der Waals surface area (Å²) in [4.78, 5) is 21.0. The number of carbonyl (C=O) groups is 1. The van der Waals surface area contributed by atoms with E-state index in [-0.39, 0.29) is 11.8 Å². The van der Waals surface area contributed by atoms with Gasteiger partial charge in [0.2, 0.25) is 5.91 Å². The number of para-hydroxylation sites is 2. The van der Waals surface area contributed by atoms with E-state index in [0.29, 0.717) is 26.1 Å². The Balaban J connectivity index is 1.40. The van der Waals surface area contributed by atoms with Crippen molar-refractivity contribution in [1.29, 1.82) is 0 Å². The summed E-state index contributed by atoms with van der Waals surface area (Å²) in [5.74, 6) is 2.02. The molecule has 1 aliphatic heterocycles. The lowest BCUT2D eigenvalue weighted by Crippen LogP contribution is -2.24. The van der Waals surface area contributed by atoms with Gasteiger partial charge in [-0.2, -0.15) is 0 Å². The van der Waals surface area contributed by atoms with E-state index in [4.69, 9.17) is 9.72 Å². The fourth-order valence-electron chi connectivity index (χ4n) is 4.51. The molecule has 1 aromatic heterocycles. The molecule has 1 amide bonds. The van der Waals surface area contributed by atoms with Gasteiger partial charge in [-0.3, -0.25) is 4.79 Å². The van der Waals surface area contributed by atoms with Crippen molar-refractivity contribution in [3.63, 3.8) is 0 Å². The summed E-state index contributed by atoms with van der Waals surface area (Å²) in [5, 5.41) is 0. The average Bonchev–Trinajstić information content (AvgIpc) is 3.40. The topological polar surface area (TPSA) is 47.4 Å². The molecule has 0 radical (unpaired) electrons. The van der Waals surface area contributed by atoms with Gasteiger partial charge in [-0.25, -0.2) is 4.98 Å². The number of rotatable bonds is 7. The molecule has 33 heavy (non-hydrogen) atoms. The number of anilines is 1. The van der Waals surface area contributed by atoms with Gasteiger partial charge in [0.25, 0.3) is 0 Å². The van der Waals surface area contributed by atoms with E-state index in [2.05, 4.69) is 42.0 Å². The summed E-state index contributed by atoms with van der Waals surface area (Å²) in [5.41, 5.74) is 4.17. The third-order valence-electron chi connectivity index (χ3n) is 6.11. The molecule has 0 bridgehead atoms. The number of aryl methyl sites for hydroxylation is 1. The third kappa shape index (κ3) is 4.48. The first-order chi connectivity index (χ1) is 16.1. The van der Waals surface area contributed by atoms with Crippen molar-refractivity contribution in [3.05, 3.63) is 84.2 Å². The molecule has 4 aromatic rings. The minimum absolute atomic E-state index is 0.0433. The van der Waals surface area contributed by atoms with E-state index < -0.39 is 0 Å². The lowest BCUT2D eigenvalue weighted by molar-refractivity contribution is -0.117. The van der Waals surface area contributed by atoms with E-state index in [0.717, 1.165) is 33.2 Å². The van der Waals surface area contributed by atoms with E-state index in [1.165, 1.54) is 5.56 Å². The monoisotopic (exact) mass is 457 g/mol. The maximum Gasteiger partial charge on any atom is 0.227 e. The first-order valence-corrected chi connectivity index (χ1v) is 12.4. The van der Waals surface area contributed by atoms with Gasteiger partial charge >= 0.3 is 0 Å². The van der Waals surface area contributed by atoms with Gasteiger partial charge in [-0.15, -0.1) is 11.8 Å². The number of aromatic nitrogens is 2.